The summed E-state index contributed by atoms with van der Waals surface area (Å²) in [7, 11) is 0. The third-order valence-electron chi connectivity index (χ3n) is 4.72. The average Bonchev–Trinajstić information content (AvgIpc) is 2.74. The van der Waals surface area contributed by atoms with E-state index in [4.69, 9.17) is 4.74 Å². The predicted molar refractivity (Wildman–Crippen MR) is 70.0 cm³/mol. The summed E-state index contributed by atoms with van der Waals surface area (Å²) < 4.78 is 5.64. The summed E-state index contributed by atoms with van der Waals surface area (Å²) in [6.07, 6.45) is 8.24. The summed E-state index contributed by atoms with van der Waals surface area (Å²) in [6.45, 7) is 7.71. The average molecular weight is 240 g/mol. The number of hydrogen-bond donors (Lipinski definition) is 1. The highest BCUT2D eigenvalue weighted by atomic mass is 16.5. The van der Waals surface area contributed by atoms with E-state index in [0.29, 0.717) is 17.4 Å². The van der Waals surface area contributed by atoms with Crippen molar-refractivity contribution in [2.24, 2.45) is 11.3 Å². The normalized spacial score (nSPS) is 40.9. The maximum absolute atomic E-state index is 10.7. The van der Waals surface area contributed by atoms with Crippen LogP contribution >= 0.6 is 0 Å². The van der Waals surface area contributed by atoms with Gasteiger partial charge in [-0.1, -0.05) is 20.8 Å². The molecule has 17 heavy (non-hydrogen) atoms. The van der Waals surface area contributed by atoms with E-state index >= 15 is 0 Å². The van der Waals surface area contributed by atoms with Gasteiger partial charge in [0.05, 0.1) is 11.7 Å². The Balaban J connectivity index is 1.77. The minimum absolute atomic E-state index is 0.317. The van der Waals surface area contributed by atoms with Crippen molar-refractivity contribution in [3.05, 3.63) is 0 Å². The molecule has 1 aliphatic carbocycles. The molecule has 2 aliphatic rings. The Bertz CT molecular complexity index is 256. The van der Waals surface area contributed by atoms with Crippen LogP contribution < -0.4 is 0 Å². The topological polar surface area (TPSA) is 29.5 Å². The van der Waals surface area contributed by atoms with E-state index in [-0.39, 0.29) is 0 Å². The molecule has 1 heterocycles. The molecule has 0 aromatic heterocycles. The molecule has 1 saturated heterocycles. The minimum atomic E-state index is -0.415. The summed E-state index contributed by atoms with van der Waals surface area (Å²) in [5.41, 5.74) is -0.0971. The highest BCUT2D eigenvalue weighted by molar-refractivity contribution is 4.98. The van der Waals surface area contributed by atoms with Crippen molar-refractivity contribution in [1.29, 1.82) is 0 Å². The maximum Gasteiger partial charge on any atom is 0.0678 e. The zero-order valence-electron chi connectivity index (χ0n) is 11.7. The van der Waals surface area contributed by atoms with Crippen molar-refractivity contribution >= 4 is 0 Å². The van der Waals surface area contributed by atoms with Gasteiger partial charge in [0.1, 0.15) is 0 Å². The summed E-state index contributed by atoms with van der Waals surface area (Å²) >= 11 is 0. The first-order valence-corrected chi connectivity index (χ1v) is 7.25. The van der Waals surface area contributed by atoms with Gasteiger partial charge in [0.2, 0.25) is 0 Å². The highest BCUT2D eigenvalue weighted by Crippen LogP contribution is 2.49. The number of aliphatic hydroxyl groups is 1. The third kappa shape index (κ3) is 3.23. The van der Waals surface area contributed by atoms with Crippen molar-refractivity contribution < 1.29 is 9.84 Å². The van der Waals surface area contributed by atoms with E-state index in [1.165, 1.54) is 12.8 Å². The molecular formula is C15H28O2. The summed E-state index contributed by atoms with van der Waals surface area (Å²) in [4.78, 5) is 0. The van der Waals surface area contributed by atoms with Gasteiger partial charge in [-0.3, -0.25) is 0 Å². The van der Waals surface area contributed by atoms with Gasteiger partial charge >= 0.3 is 0 Å². The zero-order valence-corrected chi connectivity index (χ0v) is 11.7. The fraction of sp³-hybridized carbons (Fsp3) is 1.00. The molecule has 3 atom stereocenters. The molecule has 3 unspecified atom stereocenters. The van der Waals surface area contributed by atoms with Crippen LogP contribution in [0.2, 0.25) is 0 Å². The Hall–Kier alpha value is -0.0800. The minimum Gasteiger partial charge on any atom is -0.390 e. The number of hydrogen-bond acceptors (Lipinski definition) is 2. The largest absolute Gasteiger partial charge is 0.390 e. The van der Waals surface area contributed by atoms with Crippen molar-refractivity contribution in [2.75, 3.05) is 6.61 Å². The molecule has 0 aromatic carbocycles. The van der Waals surface area contributed by atoms with Gasteiger partial charge < -0.3 is 9.84 Å². The fourth-order valence-electron chi connectivity index (χ4n) is 3.94. The molecule has 2 nitrogen and oxygen atoms in total. The Morgan fingerprint density at radius 1 is 1.35 bits per heavy atom. The Kier molecular flexibility index (Phi) is 3.84. The molecule has 2 heteroatoms. The molecule has 2 fully saturated rings. The van der Waals surface area contributed by atoms with Gasteiger partial charge in [0, 0.05) is 6.61 Å². The van der Waals surface area contributed by atoms with Crippen LogP contribution in [0.5, 0.6) is 0 Å². The molecular weight excluding hydrogens is 212 g/mol. The lowest BCUT2D eigenvalue weighted by molar-refractivity contribution is -0.00963. The smallest absolute Gasteiger partial charge is 0.0678 e. The third-order valence-corrected chi connectivity index (χ3v) is 4.72. The highest BCUT2D eigenvalue weighted by Gasteiger charge is 2.46. The Labute approximate surface area is 106 Å². The van der Waals surface area contributed by atoms with Crippen LogP contribution in [0, 0.1) is 11.3 Å². The van der Waals surface area contributed by atoms with Crippen LogP contribution in [0.25, 0.3) is 0 Å². The molecule has 0 spiro atoms. The molecule has 0 aromatic rings. The Morgan fingerprint density at radius 3 is 2.65 bits per heavy atom. The first-order chi connectivity index (χ1) is 7.91. The van der Waals surface area contributed by atoms with Gasteiger partial charge in [-0.2, -0.15) is 0 Å². The summed E-state index contributed by atoms with van der Waals surface area (Å²) in [5, 5.41) is 10.7. The van der Waals surface area contributed by atoms with Crippen LogP contribution in [-0.2, 0) is 4.74 Å². The van der Waals surface area contributed by atoms with Gasteiger partial charge in [0.15, 0.2) is 0 Å². The van der Waals surface area contributed by atoms with Crippen molar-refractivity contribution in [3.63, 3.8) is 0 Å². The lowest BCUT2D eigenvalue weighted by Crippen LogP contribution is -2.32. The second kappa shape index (κ2) is 4.89. The van der Waals surface area contributed by atoms with E-state index in [1.807, 2.05) is 0 Å². The van der Waals surface area contributed by atoms with Crippen LogP contribution in [0.1, 0.15) is 65.7 Å². The fourth-order valence-corrected chi connectivity index (χ4v) is 3.94. The predicted octanol–water partition coefficient (Wildman–Crippen LogP) is 3.52. The molecule has 0 radical (unpaired) electrons. The van der Waals surface area contributed by atoms with Gasteiger partial charge in [-0.25, -0.2) is 0 Å². The van der Waals surface area contributed by atoms with Crippen LogP contribution in [0.15, 0.2) is 0 Å². The van der Waals surface area contributed by atoms with Gasteiger partial charge in [0.25, 0.3) is 0 Å². The van der Waals surface area contributed by atoms with E-state index in [9.17, 15) is 5.11 Å². The van der Waals surface area contributed by atoms with Crippen molar-refractivity contribution in [1.82, 2.24) is 0 Å². The summed E-state index contributed by atoms with van der Waals surface area (Å²) in [5.74, 6) is 0.446. The van der Waals surface area contributed by atoms with E-state index < -0.39 is 5.60 Å². The Morgan fingerprint density at radius 2 is 2.12 bits per heavy atom. The standard InChI is InChI=1S/C15H28O2/c1-12-10-14(2,3)11-15(12,16)8-4-6-13-7-5-9-17-13/h12-13,16H,4-11H2,1-3H3. The quantitative estimate of drug-likeness (QED) is 0.814. The molecule has 1 N–H and O–H groups in total. The molecule has 100 valence electrons. The second-order valence-corrected chi connectivity index (χ2v) is 7.08. The second-order valence-electron chi connectivity index (χ2n) is 7.08. The van der Waals surface area contributed by atoms with Gasteiger partial charge in [-0.05, 0) is 56.3 Å². The lowest BCUT2D eigenvalue weighted by Gasteiger charge is -2.29. The monoisotopic (exact) mass is 240 g/mol. The van der Waals surface area contributed by atoms with Crippen LogP contribution in [0.3, 0.4) is 0 Å². The van der Waals surface area contributed by atoms with E-state index in [0.717, 1.165) is 38.7 Å². The first kappa shape index (κ1) is 13.4. The molecule has 0 bridgehead atoms. The van der Waals surface area contributed by atoms with E-state index in [1.54, 1.807) is 0 Å². The molecule has 2 rings (SSSR count). The first-order valence-electron chi connectivity index (χ1n) is 7.25. The van der Waals surface area contributed by atoms with Crippen molar-refractivity contribution in [3.8, 4) is 0 Å². The van der Waals surface area contributed by atoms with Crippen molar-refractivity contribution in [2.45, 2.75) is 77.4 Å². The number of ether oxygens (including phenoxy) is 1. The SMILES string of the molecule is CC1CC(C)(C)CC1(O)CCCC1CCCO1. The van der Waals surface area contributed by atoms with Crippen LogP contribution in [0.4, 0.5) is 0 Å². The molecule has 1 aliphatic heterocycles. The van der Waals surface area contributed by atoms with E-state index in [2.05, 4.69) is 20.8 Å². The number of rotatable bonds is 4. The molecule has 0 amide bonds. The zero-order chi connectivity index (χ0) is 12.5. The van der Waals surface area contributed by atoms with Crippen LogP contribution in [-0.4, -0.2) is 23.4 Å². The molecule has 1 saturated carbocycles. The van der Waals surface area contributed by atoms with Gasteiger partial charge in [-0.15, -0.1) is 0 Å². The lowest BCUT2D eigenvalue weighted by atomic mass is 9.85. The maximum atomic E-state index is 10.7. The summed E-state index contributed by atoms with van der Waals surface area (Å²) in [6, 6.07) is 0.